The fraction of sp³-hybridized carbons (Fsp3) is 0.714. The molecular formula is C14H24N2O3S. The maximum atomic E-state index is 12.3. The Kier molecular flexibility index (Phi) is 5.15. The average Bonchev–Trinajstić information content (AvgIpc) is 2.54. The first-order chi connectivity index (χ1) is 9.09. The standard InChI is InChI=1S/C14H24N2O3S/c1-9-10(2)20-13(19)16(9)7-12(18)15(6)11(8-17)14(3,4)5/h11,17H,7-8H2,1-6H3. The van der Waals surface area contributed by atoms with Gasteiger partial charge in [0.1, 0.15) is 6.54 Å². The maximum Gasteiger partial charge on any atom is 0.308 e. The van der Waals surface area contributed by atoms with Crippen molar-refractivity contribution in [3.8, 4) is 0 Å². The summed E-state index contributed by atoms with van der Waals surface area (Å²) in [6, 6.07) is -0.272. The normalized spacial score (nSPS) is 13.3. The third-order valence-electron chi connectivity index (χ3n) is 3.70. The van der Waals surface area contributed by atoms with Crippen LogP contribution in [0.25, 0.3) is 0 Å². The van der Waals surface area contributed by atoms with Gasteiger partial charge in [-0.15, -0.1) is 0 Å². The Morgan fingerprint density at radius 1 is 1.40 bits per heavy atom. The van der Waals surface area contributed by atoms with Crippen LogP contribution in [0.5, 0.6) is 0 Å². The van der Waals surface area contributed by atoms with E-state index in [0.29, 0.717) is 0 Å². The van der Waals surface area contributed by atoms with Gasteiger partial charge in [-0.2, -0.15) is 0 Å². The molecular weight excluding hydrogens is 276 g/mol. The third kappa shape index (κ3) is 3.49. The number of likely N-dealkylation sites (N-methyl/N-ethyl adjacent to an activating group) is 1. The van der Waals surface area contributed by atoms with Gasteiger partial charge in [0.25, 0.3) is 0 Å². The Balaban J connectivity index is 2.93. The van der Waals surface area contributed by atoms with Crippen LogP contribution < -0.4 is 4.87 Å². The van der Waals surface area contributed by atoms with Crippen LogP contribution >= 0.6 is 11.3 Å². The molecule has 0 saturated heterocycles. The number of amides is 1. The minimum Gasteiger partial charge on any atom is -0.394 e. The SMILES string of the molecule is Cc1sc(=O)n(CC(=O)N(C)C(CO)C(C)(C)C)c1C. The van der Waals surface area contributed by atoms with Crippen molar-refractivity contribution in [2.75, 3.05) is 13.7 Å². The molecule has 0 aliphatic carbocycles. The number of aromatic nitrogens is 1. The fourth-order valence-corrected chi connectivity index (χ4v) is 3.00. The van der Waals surface area contributed by atoms with Gasteiger partial charge in [-0.05, 0) is 19.3 Å². The van der Waals surface area contributed by atoms with Crippen molar-refractivity contribution < 1.29 is 9.90 Å². The van der Waals surface area contributed by atoms with E-state index < -0.39 is 0 Å². The summed E-state index contributed by atoms with van der Waals surface area (Å²) >= 11 is 1.16. The lowest BCUT2D eigenvalue weighted by molar-refractivity contribution is -0.136. The van der Waals surface area contributed by atoms with Crippen molar-refractivity contribution in [1.29, 1.82) is 0 Å². The predicted molar refractivity (Wildman–Crippen MR) is 81.2 cm³/mol. The molecule has 1 unspecified atom stereocenters. The second kappa shape index (κ2) is 6.10. The molecule has 0 radical (unpaired) electrons. The molecule has 0 bridgehead atoms. The van der Waals surface area contributed by atoms with E-state index in [9.17, 15) is 14.7 Å². The Bertz CT molecular complexity index is 540. The van der Waals surface area contributed by atoms with E-state index in [2.05, 4.69) is 0 Å². The molecule has 20 heavy (non-hydrogen) atoms. The molecule has 1 rings (SSSR count). The first-order valence-corrected chi connectivity index (χ1v) is 7.44. The Labute approximate surface area is 123 Å². The van der Waals surface area contributed by atoms with Gasteiger partial charge in [-0.1, -0.05) is 32.1 Å². The Morgan fingerprint density at radius 2 is 1.95 bits per heavy atom. The van der Waals surface area contributed by atoms with Crippen molar-refractivity contribution in [3.05, 3.63) is 20.2 Å². The summed E-state index contributed by atoms with van der Waals surface area (Å²) in [4.78, 5) is 26.5. The van der Waals surface area contributed by atoms with E-state index in [1.807, 2.05) is 34.6 Å². The Hall–Kier alpha value is -1.14. The van der Waals surface area contributed by atoms with E-state index in [0.717, 1.165) is 21.9 Å². The van der Waals surface area contributed by atoms with E-state index in [1.54, 1.807) is 11.9 Å². The monoisotopic (exact) mass is 300 g/mol. The molecule has 1 atom stereocenters. The largest absolute Gasteiger partial charge is 0.394 e. The minimum absolute atomic E-state index is 0.0259. The predicted octanol–water partition coefficient (Wildman–Crippen LogP) is 1.39. The summed E-state index contributed by atoms with van der Waals surface area (Å²) < 4.78 is 1.50. The molecule has 0 saturated carbocycles. The maximum absolute atomic E-state index is 12.3. The first kappa shape index (κ1) is 16.9. The van der Waals surface area contributed by atoms with E-state index in [-0.39, 0.29) is 35.4 Å². The minimum atomic E-state index is -0.272. The summed E-state index contributed by atoms with van der Waals surface area (Å²) in [5.74, 6) is -0.165. The summed E-state index contributed by atoms with van der Waals surface area (Å²) in [6.07, 6.45) is 0. The summed E-state index contributed by atoms with van der Waals surface area (Å²) in [6.45, 7) is 9.57. The number of carbonyl (C=O) groups excluding carboxylic acids is 1. The topological polar surface area (TPSA) is 62.5 Å². The summed E-state index contributed by atoms with van der Waals surface area (Å²) in [7, 11) is 1.67. The highest BCUT2D eigenvalue weighted by atomic mass is 32.1. The second-order valence-corrected chi connectivity index (χ2v) is 7.33. The average molecular weight is 300 g/mol. The number of nitrogens with zero attached hydrogens (tertiary/aromatic N) is 2. The van der Waals surface area contributed by atoms with Crippen LogP contribution in [0.3, 0.4) is 0 Å². The zero-order valence-corrected chi connectivity index (χ0v) is 13.9. The van der Waals surface area contributed by atoms with E-state index >= 15 is 0 Å². The number of rotatable bonds is 4. The molecule has 0 spiro atoms. The fourth-order valence-electron chi connectivity index (χ4n) is 2.17. The number of aliphatic hydroxyl groups excluding tert-OH is 1. The van der Waals surface area contributed by atoms with E-state index in [4.69, 9.17) is 0 Å². The molecule has 114 valence electrons. The lowest BCUT2D eigenvalue weighted by Crippen LogP contribution is -2.48. The van der Waals surface area contributed by atoms with Crippen LogP contribution in [0.2, 0.25) is 0 Å². The van der Waals surface area contributed by atoms with Gasteiger partial charge in [0.2, 0.25) is 5.91 Å². The van der Waals surface area contributed by atoms with Crippen molar-refractivity contribution >= 4 is 17.2 Å². The van der Waals surface area contributed by atoms with Crippen LogP contribution in [-0.4, -0.2) is 40.2 Å². The van der Waals surface area contributed by atoms with Gasteiger partial charge < -0.3 is 10.0 Å². The number of hydrogen-bond donors (Lipinski definition) is 1. The summed E-state index contributed by atoms with van der Waals surface area (Å²) in [5, 5.41) is 9.50. The van der Waals surface area contributed by atoms with Crippen LogP contribution in [0.4, 0.5) is 0 Å². The van der Waals surface area contributed by atoms with Gasteiger partial charge in [-0.25, -0.2) is 0 Å². The number of thiazole rings is 1. The number of aryl methyl sites for hydroxylation is 1. The zero-order chi connectivity index (χ0) is 15.7. The molecule has 6 heteroatoms. The molecule has 1 heterocycles. The number of carbonyl (C=O) groups is 1. The smallest absolute Gasteiger partial charge is 0.308 e. The van der Waals surface area contributed by atoms with Crippen LogP contribution in [-0.2, 0) is 11.3 Å². The molecule has 5 nitrogen and oxygen atoms in total. The highest BCUT2D eigenvalue weighted by Crippen LogP contribution is 2.23. The van der Waals surface area contributed by atoms with Gasteiger partial charge in [0.15, 0.2) is 0 Å². The Morgan fingerprint density at radius 3 is 2.30 bits per heavy atom. The molecule has 0 fully saturated rings. The molecule has 1 amide bonds. The van der Waals surface area contributed by atoms with Gasteiger partial charge >= 0.3 is 4.87 Å². The zero-order valence-electron chi connectivity index (χ0n) is 13.1. The quantitative estimate of drug-likeness (QED) is 0.914. The van der Waals surface area contributed by atoms with Crippen LogP contribution in [0.1, 0.15) is 31.3 Å². The summed E-state index contributed by atoms with van der Waals surface area (Å²) in [5.41, 5.74) is 0.613. The highest BCUT2D eigenvalue weighted by Gasteiger charge is 2.30. The van der Waals surface area contributed by atoms with Gasteiger partial charge in [0.05, 0.1) is 12.6 Å². The molecule has 0 aliphatic rings. The van der Waals surface area contributed by atoms with Crippen LogP contribution in [0, 0.1) is 19.3 Å². The molecule has 1 N–H and O–H groups in total. The van der Waals surface area contributed by atoms with Gasteiger partial charge in [-0.3, -0.25) is 14.2 Å². The lowest BCUT2D eigenvalue weighted by atomic mass is 9.86. The van der Waals surface area contributed by atoms with Gasteiger partial charge in [0, 0.05) is 17.6 Å². The molecule has 1 aromatic heterocycles. The number of aliphatic hydroxyl groups is 1. The molecule has 0 aromatic carbocycles. The first-order valence-electron chi connectivity index (χ1n) is 6.63. The third-order valence-corrected chi connectivity index (χ3v) is 4.70. The molecule has 1 aromatic rings. The number of hydrogen-bond acceptors (Lipinski definition) is 4. The molecule has 0 aliphatic heterocycles. The van der Waals surface area contributed by atoms with E-state index in [1.165, 1.54) is 4.57 Å². The van der Waals surface area contributed by atoms with Crippen molar-refractivity contribution in [3.63, 3.8) is 0 Å². The highest BCUT2D eigenvalue weighted by molar-refractivity contribution is 7.09. The van der Waals surface area contributed by atoms with Crippen molar-refractivity contribution in [1.82, 2.24) is 9.47 Å². The second-order valence-electron chi connectivity index (χ2n) is 6.16. The lowest BCUT2D eigenvalue weighted by Gasteiger charge is -2.36. The van der Waals surface area contributed by atoms with Crippen molar-refractivity contribution in [2.45, 2.75) is 47.2 Å². The van der Waals surface area contributed by atoms with Crippen LogP contribution in [0.15, 0.2) is 4.79 Å². The van der Waals surface area contributed by atoms with Crippen molar-refractivity contribution in [2.24, 2.45) is 5.41 Å².